The molecule has 0 aliphatic heterocycles. The summed E-state index contributed by atoms with van der Waals surface area (Å²) in [6.07, 6.45) is 1.06. The van der Waals surface area contributed by atoms with E-state index in [0.717, 1.165) is 16.7 Å². The van der Waals surface area contributed by atoms with Crippen molar-refractivity contribution >= 4 is 16.9 Å². The van der Waals surface area contributed by atoms with Crippen LogP contribution in [-0.2, 0) is 19.4 Å². The molecule has 1 N–H and O–H groups in total. The van der Waals surface area contributed by atoms with Gasteiger partial charge in [-0.25, -0.2) is 4.79 Å². The number of carbonyl (C=O) groups is 1. The van der Waals surface area contributed by atoms with Crippen LogP contribution in [0.5, 0.6) is 5.75 Å². The van der Waals surface area contributed by atoms with Crippen molar-refractivity contribution in [2.45, 2.75) is 33.3 Å². The van der Waals surface area contributed by atoms with Gasteiger partial charge in [0.2, 0.25) is 0 Å². The molecular formula is C27H24O5. The van der Waals surface area contributed by atoms with E-state index < -0.39 is 5.97 Å². The monoisotopic (exact) mass is 428 g/mol. The lowest BCUT2D eigenvalue weighted by molar-refractivity contribution is 0.0696. The number of benzene rings is 3. The molecule has 0 aliphatic rings. The van der Waals surface area contributed by atoms with Crippen molar-refractivity contribution in [2.24, 2.45) is 0 Å². The van der Waals surface area contributed by atoms with Gasteiger partial charge in [-0.3, -0.25) is 4.79 Å². The Kier molecular flexibility index (Phi) is 6.08. The fraction of sp³-hybridized carbons (Fsp3) is 0.185. The summed E-state index contributed by atoms with van der Waals surface area (Å²) in [5.74, 6) is 0.318. The van der Waals surface area contributed by atoms with E-state index in [1.807, 2.05) is 49.4 Å². The van der Waals surface area contributed by atoms with E-state index in [9.17, 15) is 14.7 Å². The average Bonchev–Trinajstić information content (AvgIpc) is 2.81. The molecule has 4 rings (SSSR count). The van der Waals surface area contributed by atoms with Crippen LogP contribution in [0.4, 0.5) is 0 Å². The zero-order valence-electron chi connectivity index (χ0n) is 18.1. The maximum Gasteiger partial charge on any atom is 0.335 e. The Morgan fingerprint density at radius 1 is 0.906 bits per heavy atom. The molecule has 0 saturated carbocycles. The fourth-order valence-corrected chi connectivity index (χ4v) is 3.76. The van der Waals surface area contributed by atoms with Gasteiger partial charge in [-0.1, -0.05) is 42.5 Å². The van der Waals surface area contributed by atoms with Crippen LogP contribution in [0, 0.1) is 13.8 Å². The van der Waals surface area contributed by atoms with Crippen LogP contribution in [0.15, 0.2) is 75.9 Å². The van der Waals surface area contributed by atoms with E-state index in [2.05, 4.69) is 0 Å². The van der Waals surface area contributed by atoms with Crippen molar-refractivity contribution in [1.29, 1.82) is 0 Å². The Bertz CT molecular complexity index is 1340. The number of carboxylic acids is 1. The largest absolute Gasteiger partial charge is 0.488 e. The number of ether oxygens (including phenoxy) is 1. The number of aryl methyl sites for hydroxylation is 3. The third kappa shape index (κ3) is 4.42. The minimum Gasteiger partial charge on any atom is -0.488 e. The minimum absolute atomic E-state index is 0.0572. The first kappa shape index (κ1) is 21.4. The van der Waals surface area contributed by atoms with E-state index in [1.54, 1.807) is 31.2 Å². The molecule has 4 aromatic rings. The topological polar surface area (TPSA) is 76.7 Å². The van der Waals surface area contributed by atoms with Crippen LogP contribution in [0.3, 0.4) is 0 Å². The molecule has 1 heterocycles. The lowest BCUT2D eigenvalue weighted by atomic mass is 10.0. The lowest BCUT2D eigenvalue weighted by Crippen LogP contribution is -2.11. The molecule has 0 bridgehead atoms. The van der Waals surface area contributed by atoms with Crippen LogP contribution in [0.1, 0.15) is 38.4 Å². The van der Waals surface area contributed by atoms with Crippen molar-refractivity contribution in [3.63, 3.8) is 0 Å². The van der Waals surface area contributed by atoms with Gasteiger partial charge in [0, 0.05) is 17.5 Å². The van der Waals surface area contributed by atoms with Gasteiger partial charge >= 0.3 is 5.97 Å². The van der Waals surface area contributed by atoms with Gasteiger partial charge in [0.25, 0.3) is 0 Å². The highest BCUT2D eigenvalue weighted by Crippen LogP contribution is 2.28. The van der Waals surface area contributed by atoms with Crippen molar-refractivity contribution in [2.75, 3.05) is 0 Å². The first-order valence-electron chi connectivity index (χ1n) is 10.5. The summed E-state index contributed by atoms with van der Waals surface area (Å²) >= 11 is 0. The Morgan fingerprint density at radius 3 is 2.41 bits per heavy atom. The summed E-state index contributed by atoms with van der Waals surface area (Å²) in [7, 11) is 0. The number of rotatable bonds is 7. The molecule has 0 unspecified atom stereocenters. The van der Waals surface area contributed by atoms with E-state index in [4.69, 9.17) is 9.15 Å². The summed E-state index contributed by atoms with van der Waals surface area (Å²) < 4.78 is 12.2. The fourth-order valence-electron chi connectivity index (χ4n) is 3.76. The van der Waals surface area contributed by atoms with Gasteiger partial charge in [0.15, 0.2) is 5.43 Å². The Hall–Kier alpha value is -3.86. The third-order valence-corrected chi connectivity index (χ3v) is 5.64. The van der Waals surface area contributed by atoms with E-state index >= 15 is 0 Å². The highest BCUT2D eigenvalue weighted by Gasteiger charge is 2.15. The normalized spacial score (nSPS) is 10.9. The molecule has 0 radical (unpaired) electrons. The van der Waals surface area contributed by atoms with Crippen LogP contribution >= 0.6 is 0 Å². The molecule has 3 aromatic carbocycles. The molecule has 5 nitrogen and oxygen atoms in total. The van der Waals surface area contributed by atoms with E-state index in [0.29, 0.717) is 47.5 Å². The number of hydrogen-bond acceptors (Lipinski definition) is 4. The second kappa shape index (κ2) is 9.10. The molecule has 0 fully saturated rings. The molecule has 1 aromatic heterocycles. The highest BCUT2D eigenvalue weighted by molar-refractivity contribution is 5.87. The molecule has 0 aliphatic carbocycles. The minimum atomic E-state index is -0.959. The van der Waals surface area contributed by atoms with Crippen molar-refractivity contribution in [1.82, 2.24) is 0 Å². The molecular weight excluding hydrogens is 404 g/mol. The number of fused-ring (bicyclic) bond motifs is 1. The zero-order chi connectivity index (χ0) is 22.7. The van der Waals surface area contributed by atoms with Gasteiger partial charge in [0.1, 0.15) is 23.7 Å². The van der Waals surface area contributed by atoms with Crippen molar-refractivity contribution in [3.8, 4) is 5.75 Å². The third-order valence-electron chi connectivity index (χ3n) is 5.64. The molecule has 0 amide bonds. The van der Waals surface area contributed by atoms with Gasteiger partial charge in [-0.05, 0) is 55.7 Å². The zero-order valence-corrected chi connectivity index (χ0v) is 18.1. The van der Waals surface area contributed by atoms with Crippen LogP contribution in [0.2, 0.25) is 0 Å². The van der Waals surface area contributed by atoms with Gasteiger partial charge in [0.05, 0.1) is 10.9 Å². The first-order chi connectivity index (χ1) is 15.4. The lowest BCUT2D eigenvalue weighted by Gasteiger charge is -2.13. The van der Waals surface area contributed by atoms with Crippen LogP contribution in [-0.4, -0.2) is 11.1 Å². The molecule has 0 saturated heterocycles. The summed E-state index contributed by atoms with van der Waals surface area (Å²) in [6, 6.07) is 20.3. The quantitative estimate of drug-likeness (QED) is 0.422. The van der Waals surface area contributed by atoms with E-state index in [-0.39, 0.29) is 11.0 Å². The van der Waals surface area contributed by atoms with Gasteiger partial charge < -0.3 is 14.3 Å². The van der Waals surface area contributed by atoms with Crippen molar-refractivity contribution in [3.05, 3.63) is 111 Å². The molecule has 0 atom stereocenters. The molecule has 32 heavy (non-hydrogen) atoms. The average molecular weight is 428 g/mol. The van der Waals surface area contributed by atoms with Gasteiger partial charge in [-0.2, -0.15) is 0 Å². The standard InChI is InChI=1S/C27H24O5/c1-17-24(13-11-19-9-6-10-21(15-19)27(29)30)32-26-18(2)23(14-12-22(26)25(17)28)31-16-20-7-4-3-5-8-20/h3-10,12,14-15H,11,13,16H2,1-2H3,(H,29,30). The summed E-state index contributed by atoms with van der Waals surface area (Å²) in [6.45, 7) is 4.08. The predicted molar refractivity (Wildman–Crippen MR) is 124 cm³/mol. The summed E-state index contributed by atoms with van der Waals surface area (Å²) in [5, 5.41) is 9.73. The highest BCUT2D eigenvalue weighted by atomic mass is 16.5. The Morgan fingerprint density at radius 2 is 1.66 bits per heavy atom. The van der Waals surface area contributed by atoms with Crippen molar-refractivity contribution < 1.29 is 19.1 Å². The summed E-state index contributed by atoms with van der Waals surface area (Å²) in [5.41, 5.74) is 4.01. The Balaban J connectivity index is 1.62. The Labute approximate surface area is 185 Å². The van der Waals surface area contributed by atoms with Crippen LogP contribution < -0.4 is 10.2 Å². The molecule has 5 heteroatoms. The predicted octanol–water partition coefficient (Wildman–Crippen LogP) is 5.47. The maximum atomic E-state index is 13.0. The SMILES string of the molecule is Cc1c(CCc2cccc(C(=O)O)c2)oc2c(C)c(OCc3ccccc3)ccc2c1=O. The number of aromatic carboxylic acids is 1. The maximum absolute atomic E-state index is 13.0. The molecule has 0 spiro atoms. The van der Waals surface area contributed by atoms with Gasteiger partial charge in [-0.15, -0.1) is 0 Å². The second-order valence-corrected chi connectivity index (χ2v) is 7.82. The second-order valence-electron chi connectivity index (χ2n) is 7.82. The number of carboxylic acid groups (broad SMARTS) is 1. The smallest absolute Gasteiger partial charge is 0.335 e. The van der Waals surface area contributed by atoms with Crippen LogP contribution in [0.25, 0.3) is 11.0 Å². The summed E-state index contributed by atoms with van der Waals surface area (Å²) in [4.78, 5) is 24.2. The van der Waals surface area contributed by atoms with E-state index in [1.165, 1.54) is 0 Å². The first-order valence-corrected chi connectivity index (χ1v) is 10.5. The molecule has 162 valence electrons. The number of hydrogen-bond donors (Lipinski definition) is 1.